The van der Waals surface area contributed by atoms with E-state index in [-0.39, 0.29) is 24.0 Å². The molecule has 2 aliphatic carbocycles. The van der Waals surface area contributed by atoms with Crippen LogP contribution in [0.1, 0.15) is 50.0 Å². The lowest BCUT2D eigenvalue weighted by Crippen LogP contribution is -2.50. The molecule has 2 fully saturated rings. The fourth-order valence-electron chi connectivity index (χ4n) is 3.67. The van der Waals surface area contributed by atoms with Gasteiger partial charge in [0.1, 0.15) is 0 Å². The van der Waals surface area contributed by atoms with Gasteiger partial charge < -0.3 is 15.7 Å². The first-order chi connectivity index (χ1) is 11.9. The third-order valence-electron chi connectivity index (χ3n) is 5.30. The molecule has 25 heavy (non-hydrogen) atoms. The molecule has 0 heterocycles. The van der Waals surface area contributed by atoms with Crippen molar-refractivity contribution in [3.63, 3.8) is 0 Å². The Morgan fingerprint density at radius 3 is 2.20 bits per heavy atom. The van der Waals surface area contributed by atoms with Crippen molar-refractivity contribution in [1.29, 1.82) is 0 Å². The van der Waals surface area contributed by atoms with Crippen molar-refractivity contribution in [1.82, 2.24) is 10.6 Å². The number of amides is 2. The summed E-state index contributed by atoms with van der Waals surface area (Å²) in [6.45, 7) is 0. The Morgan fingerprint density at radius 1 is 0.960 bits per heavy atom. The highest BCUT2D eigenvalue weighted by Crippen LogP contribution is 2.38. The smallest absolute Gasteiger partial charge is 0.315 e. The fourth-order valence-corrected chi connectivity index (χ4v) is 3.98. The number of rotatable bonds is 4. The van der Waals surface area contributed by atoms with Crippen molar-refractivity contribution in [3.05, 3.63) is 33.8 Å². The van der Waals surface area contributed by atoms with Crippen molar-refractivity contribution < 1.29 is 14.7 Å². The minimum absolute atomic E-state index is 0.0709. The molecule has 3 N–H and O–H groups in total. The van der Waals surface area contributed by atoms with Crippen LogP contribution in [0.4, 0.5) is 4.79 Å². The normalized spacial score (nSPS) is 28.7. The van der Waals surface area contributed by atoms with Gasteiger partial charge in [0.25, 0.3) is 0 Å². The van der Waals surface area contributed by atoms with Gasteiger partial charge in [-0.05, 0) is 62.1 Å². The number of carboxylic acids is 1. The number of aliphatic carboxylic acids is 1. The molecule has 5 nitrogen and oxygen atoms in total. The molecule has 136 valence electrons. The van der Waals surface area contributed by atoms with Gasteiger partial charge >= 0.3 is 12.0 Å². The van der Waals surface area contributed by atoms with Crippen LogP contribution in [0.5, 0.6) is 0 Å². The highest BCUT2D eigenvalue weighted by Gasteiger charge is 2.32. The number of nitrogens with one attached hydrogen (secondary N) is 2. The average molecular weight is 385 g/mol. The molecule has 0 bridgehead atoms. The fraction of sp³-hybridized carbons (Fsp3) is 0.556. The van der Waals surface area contributed by atoms with E-state index in [9.17, 15) is 9.59 Å². The second-order valence-electron chi connectivity index (χ2n) is 7.04. The second-order valence-corrected chi connectivity index (χ2v) is 7.86. The van der Waals surface area contributed by atoms with Crippen LogP contribution in [0, 0.1) is 5.92 Å². The summed E-state index contributed by atoms with van der Waals surface area (Å²) in [4.78, 5) is 23.0. The number of carboxylic acid groups (broad SMARTS) is 1. The topological polar surface area (TPSA) is 78.4 Å². The molecule has 1 aromatic rings. The lowest BCUT2D eigenvalue weighted by atomic mass is 9.76. The quantitative estimate of drug-likeness (QED) is 0.728. The molecule has 0 unspecified atom stereocenters. The lowest BCUT2D eigenvalue weighted by Gasteiger charge is -2.37. The molecule has 0 aliphatic heterocycles. The molecular formula is C18H22Cl2N2O3. The number of benzene rings is 1. The van der Waals surface area contributed by atoms with Crippen LogP contribution in [0.25, 0.3) is 0 Å². The van der Waals surface area contributed by atoms with E-state index in [2.05, 4.69) is 10.6 Å². The number of urea groups is 1. The zero-order valence-corrected chi connectivity index (χ0v) is 15.3. The molecule has 0 radical (unpaired) electrons. The van der Waals surface area contributed by atoms with E-state index in [0.29, 0.717) is 28.8 Å². The van der Waals surface area contributed by atoms with Gasteiger partial charge in [-0.15, -0.1) is 0 Å². The van der Waals surface area contributed by atoms with Crippen LogP contribution in [-0.4, -0.2) is 29.2 Å². The van der Waals surface area contributed by atoms with Crippen LogP contribution in [-0.2, 0) is 4.79 Å². The van der Waals surface area contributed by atoms with Crippen LogP contribution >= 0.6 is 23.2 Å². The van der Waals surface area contributed by atoms with E-state index >= 15 is 0 Å². The van der Waals surface area contributed by atoms with E-state index in [1.54, 1.807) is 6.07 Å². The van der Waals surface area contributed by atoms with Crippen molar-refractivity contribution in [3.8, 4) is 0 Å². The van der Waals surface area contributed by atoms with Gasteiger partial charge in [0.2, 0.25) is 0 Å². The third-order valence-corrected chi connectivity index (χ3v) is 6.04. The lowest BCUT2D eigenvalue weighted by molar-refractivity contribution is -0.142. The Balaban J connectivity index is 1.39. The molecule has 2 saturated carbocycles. The summed E-state index contributed by atoms with van der Waals surface area (Å²) in [5, 5.41) is 16.1. The Hall–Kier alpha value is -1.46. The summed E-state index contributed by atoms with van der Waals surface area (Å²) in [5.41, 5.74) is 1.15. The maximum absolute atomic E-state index is 12.1. The summed E-state index contributed by atoms with van der Waals surface area (Å²) >= 11 is 12.0. The van der Waals surface area contributed by atoms with E-state index in [0.717, 1.165) is 31.2 Å². The summed E-state index contributed by atoms with van der Waals surface area (Å²) in [5.74, 6) is -0.600. The molecule has 2 amide bonds. The highest BCUT2D eigenvalue weighted by atomic mass is 35.5. The molecule has 3 rings (SSSR count). The third kappa shape index (κ3) is 4.59. The van der Waals surface area contributed by atoms with Crippen LogP contribution in [0.3, 0.4) is 0 Å². The summed E-state index contributed by atoms with van der Waals surface area (Å²) in [7, 11) is 0. The molecule has 0 atom stereocenters. The largest absolute Gasteiger partial charge is 0.481 e. The SMILES string of the molecule is O=C(NC1CCC(C(=O)O)CC1)NC1CC(c2ccc(Cl)c(Cl)c2)C1. The van der Waals surface area contributed by atoms with Gasteiger partial charge in [0.15, 0.2) is 0 Å². The summed E-state index contributed by atoms with van der Waals surface area (Å²) in [6.07, 6.45) is 4.47. The number of carbonyl (C=O) groups is 2. The second kappa shape index (κ2) is 7.83. The van der Waals surface area contributed by atoms with E-state index < -0.39 is 5.97 Å². The predicted octanol–water partition coefficient (Wildman–Crippen LogP) is 4.18. The summed E-state index contributed by atoms with van der Waals surface area (Å²) < 4.78 is 0. The van der Waals surface area contributed by atoms with E-state index in [4.69, 9.17) is 28.3 Å². The van der Waals surface area contributed by atoms with Gasteiger partial charge in [-0.25, -0.2) is 4.79 Å². The maximum Gasteiger partial charge on any atom is 0.315 e. The molecule has 2 aliphatic rings. The molecule has 7 heteroatoms. The molecule has 1 aromatic carbocycles. The number of carbonyl (C=O) groups excluding carboxylic acids is 1. The van der Waals surface area contributed by atoms with Crippen molar-refractivity contribution in [2.75, 3.05) is 0 Å². The van der Waals surface area contributed by atoms with E-state index in [1.165, 1.54) is 0 Å². The number of halogens is 2. The first-order valence-corrected chi connectivity index (χ1v) is 9.42. The maximum atomic E-state index is 12.1. The van der Waals surface area contributed by atoms with Crippen LogP contribution in [0.2, 0.25) is 10.0 Å². The summed E-state index contributed by atoms with van der Waals surface area (Å²) in [6, 6.07) is 5.76. The Kier molecular flexibility index (Phi) is 5.74. The van der Waals surface area contributed by atoms with Gasteiger partial charge in [-0.3, -0.25) is 4.79 Å². The standard InChI is InChI=1S/C18H22Cl2N2O3/c19-15-6-3-11(9-16(15)20)12-7-14(8-12)22-18(25)21-13-4-1-10(2-5-13)17(23)24/h3,6,9-10,12-14H,1-2,4-5,7-8H2,(H,23,24)(H2,21,22,25). The van der Waals surface area contributed by atoms with Gasteiger partial charge in [0.05, 0.1) is 16.0 Å². The van der Waals surface area contributed by atoms with Crippen molar-refractivity contribution >= 4 is 35.2 Å². The molecule has 0 spiro atoms. The average Bonchev–Trinajstić information content (AvgIpc) is 2.54. The van der Waals surface area contributed by atoms with Gasteiger partial charge in [0, 0.05) is 12.1 Å². The zero-order valence-electron chi connectivity index (χ0n) is 13.8. The minimum atomic E-state index is -0.731. The van der Waals surface area contributed by atoms with Crippen LogP contribution < -0.4 is 10.6 Å². The van der Waals surface area contributed by atoms with Crippen molar-refractivity contribution in [2.45, 2.75) is 56.5 Å². The first-order valence-electron chi connectivity index (χ1n) is 8.67. The first kappa shape index (κ1) is 18.3. The number of hydrogen-bond acceptors (Lipinski definition) is 2. The minimum Gasteiger partial charge on any atom is -0.481 e. The predicted molar refractivity (Wildman–Crippen MR) is 97.3 cm³/mol. The molecule has 0 aromatic heterocycles. The van der Waals surface area contributed by atoms with E-state index in [1.807, 2.05) is 12.1 Å². The zero-order chi connectivity index (χ0) is 18.0. The highest BCUT2D eigenvalue weighted by molar-refractivity contribution is 6.42. The van der Waals surface area contributed by atoms with Gasteiger partial charge in [-0.1, -0.05) is 29.3 Å². The molecular weight excluding hydrogens is 363 g/mol. The van der Waals surface area contributed by atoms with Crippen molar-refractivity contribution in [2.24, 2.45) is 5.92 Å². The Morgan fingerprint density at radius 2 is 1.60 bits per heavy atom. The monoisotopic (exact) mass is 384 g/mol. The Labute approximate surface area is 157 Å². The molecule has 0 saturated heterocycles. The van der Waals surface area contributed by atoms with Gasteiger partial charge in [-0.2, -0.15) is 0 Å². The Bertz CT molecular complexity index is 654. The number of hydrogen-bond donors (Lipinski definition) is 3. The van der Waals surface area contributed by atoms with Crippen LogP contribution in [0.15, 0.2) is 18.2 Å².